The fourth-order valence-electron chi connectivity index (χ4n) is 1.66. The molecule has 1 aromatic rings. The molecule has 1 rings (SSSR count). The summed E-state index contributed by atoms with van der Waals surface area (Å²) < 4.78 is 5.59. The van der Waals surface area contributed by atoms with Crippen LogP contribution in [0.5, 0.6) is 5.75 Å². The van der Waals surface area contributed by atoms with Gasteiger partial charge >= 0.3 is 0 Å². The van der Waals surface area contributed by atoms with Crippen molar-refractivity contribution in [1.29, 1.82) is 0 Å². The van der Waals surface area contributed by atoms with Crippen molar-refractivity contribution in [3.63, 3.8) is 0 Å². The van der Waals surface area contributed by atoms with Crippen molar-refractivity contribution in [3.8, 4) is 5.75 Å². The zero-order chi connectivity index (χ0) is 13.7. The topological polar surface area (TPSA) is 26.3 Å². The maximum atomic E-state index is 11.3. The molecule has 0 aromatic heterocycles. The third kappa shape index (κ3) is 4.17. The molecule has 0 saturated heterocycles. The van der Waals surface area contributed by atoms with Crippen molar-refractivity contribution in [2.75, 3.05) is 6.61 Å². The van der Waals surface area contributed by atoms with Crippen molar-refractivity contribution >= 4 is 5.78 Å². The number of rotatable bonds is 6. The predicted molar refractivity (Wildman–Crippen MR) is 75.4 cm³/mol. The van der Waals surface area contributed by atoms with Gasteiger partial charge in [-0.05, 0) is 35.1 Å². The fourth-order valence-corrected chi connectivity index (χ4v) is 1.66. The van der Waals surface area contributed by atoms with Gasteiger partial charge in [0.05, 0.1) is 0 Å². The molecule has 0 fully saturated rings. The highest BCUT2D eigenvalue weighted by molar-refractivity contribution is 5.79. The lowest BCUT2D eigenvalue weighted by Gasteiger charge is -2.14. The third-order valence-electron chi connectivity index (χ3n) is 3.08. The lowest BCUT2D eigenvalue weighted by atomic mass is 9.95. The van der Waals surface area contributed by atoms with Crippen LogP contribution in [-0.2, 0) is 4.79 Å². The van der Waals surface area contributed by atoms with Gasteiger partial charge in [-0.3, -0.25) is 4.79 Å². The molecule has 0 amide bonds. The molecule has 0 heterocycles. The van der Waals surface area contributed by atoms with Gasteiger partial charge in [0.1, 0.15) is 12.4 Å². The summed E-state index contributed by atoms with van der Waals surface area (Å²) >= 11 is 0. The summed E-state index contributed by atoms with van der Waals surface area (Å²) in [5.74, 6) is 1.88. The highest BCUT2D eigenvalue weighted by atomic mass is 16.5. The summed E-state index contributed by atoms with van der Waals surface area (Å²) in [5.41, 5.74) is 2.53. The molecule has 0 atom stereocenters. The van der Waals surface area contributed by atoms with Crippen molar-refractivity contribution in [2.24, 2.45) is 0 Å². The van der Waals surface area contributed by atoms with E-state index in [1.165, 1.54) is 11.1 Å². The Bertz CT molecular complexity index is 379. The van der Waals surface area contributed by atoms with E-state index in [1.807, 2.05) is 19.1 Å². The second kappa shape index (κ2) is 6.58. The number of hydrogen-bond donors (Lipinski definition) is 0. The van der Waals surface area contributed by atoms with Gasteiger partial charge in [0.2, 0.25) is 0 Å². The molecule has 0 saturated carbocycles. The van der Waals surface area contributed by atoms with E-state index in [9.17, 15) is 4.79 Å². The summed E-state index contributed by atoms with van der Waals surface area (Å²) in [5, 5.41) is 0. The number of ether oxygens (including phenoxy) is 1. The van der Waals surface area contributed by atoms with E-state index in [1.54, 1.807) is 0 Å². The first-order valence-electron chi connectivity index (χ1n) is 6.73. The van der Waals surface area contributed by atoms with Gasteiger partial charge < -0.3 is 4.74 Å². The summed E-state index contributed by atoms with van der Waals surface area (Å²) in [6.07, 6.45) is 0.529. The van der Waals surface area contributed by atoms with Crippen LogP contribution in [0.15, 0.2) is 18.2 Å². The first-order valence-corrected chi connectivity index (χ1v) is 6.73. The Morgan fingerprint density at radius 1 is 1.06 bits per heavy atom. The van der Waals surface area contributed by atoms with Gasteiger partial charge in [0, 0.05) is 6.42 Å². The first-order chi connectivity index (χ1) is 8.43. The molecule has 100 valence electrons. The smallest absolute Gasteiger partial charge is 0.169 e. The zero-order valence-corrected chi connectivity index (χ0v) is 12.1. The number of carbonyl (C=O) groups excluding carboxylic acids is 1. The Balaban J connectivity index is 2.92. The highest BCUT2D eigenvalue weighted by Gasteiger charge is 2.09. The SMILES string of the molecule is CCC(=O)COc1cc(C(C)C)cc(C(C)C)c1. The number of carbonyl (C=O) groups is 1. The standard InChI is InChI=1S/C16H24O2/c1-6-15(17)10-18-16-8-13(11(2)3)7-14(9-16)12(4)5/h7-9,11-12H,6,10H2,1-5H3. The summed E-state index contributed by atoms with van der Waals surface area (Å²) in [6.45, 7) is 10.7. The van der Waals surface area contributed by atoms with Crippen LogP contribution in [-0.4, -0.2) is 12.4 Å². The van der Waals surface area contributed by atoms with E-state index < -0.39 is 0 Å². The summed E-state index contributed by atoms with van der Waals surface area (Å²) in [4.78, 5) is 11.3. The Morgan fingerprint density at radius 3 is 1.94 bits per heavy atom. The largest absolute Gasteiger partial charge is 0.486 e. The number of hydrogen-bond acceptors (Lipinski definition) is 2. The second-order valence-corrected chi connectivity index (χ2v) is 5.33. The molecular formula is C16H24O2. The normalized spacial score (nSPS) is 11.1. The molecule has 2 heteroatoms. The molecule has 0 spiro atoms. The van der Waals surface area contributed by atoms with Crippen LogP contribution in [0.1, 0.15) is 64.0 Å². The Morgan fingerprint density at radius 2 is 1.56 bits per heavy atom. The van der Waals surface area contributed by atoms with Gasteiger partial charge in [-0.25, -0.2) is 0 Å². The van der Waals surface area contributed by atoms with E-state index in [4.69, 9.17) is 4.74 Å². The van der Waals surface area contributed by atoms with Crippen LogP contribution in [0.4, 0.5) is 0 Å². The van der Waals surface area contributed by atoms with Gasteiger partial charge in [-0.15, -0.1) is 0 Å². The predicted octanol–water partition coefficient (Wildman–Crippen LogP) is 4.29. The maximum absolute atomic E-state index is 11.3. The maximum Gasteiger partial charge on any atom is 0.169 e. The van der Waals surface area contributed by atoms with Crippen molar-refractivity contribution in [1.82, 2.24) is 0 Å². The van der Waals surface area contributed by atoms with Gasteiger partial charge in [0.15, 0.2) is 5.78 Å². The average Bonchev–Trinajstić information content (AvgIpc) is 2.35. The second-order valence-electron chi connectivity index (χ2n) is 5.33. The van der Waals surface area contributed by atoms with Crippen LogP contribution >= 0.6 is 0 Å². The van der Waals surface area contributed by atoms with Crippen molar-refractivity contribution < 1.29 is 9.53 Å². The third-order valence-corrected chi connectivity index (χ3v) is 3.08. The highest BCUT2D eigenvalue weighted by Crippen LogP contribution is 2.27. The lowest BCUT2D eigenvalue weighted by molar-refractivity contribution is -0.120. The van der Waals surface area contributed by atoms with E-state index in [2.05, 4.69) is 33.8 Å². The molecule has 18 heavy (non-hydrogen) atoms. The fraction of sp³-hybridized carbons (Fsp3) is 0.562. The molecule has 0 aliphatic rings. The number of benzene rings is 1. The minimum atomic E-state index is 0.135. The zero-order valence-electron chi connectivity index (χ0n) is 12.1. The molecule has 0 unspecified atom stereocenters. The van der Waals surface area contributed by atoms with Crippen LogP contribution in [0.25, 0.3) is 0 Å². The average molecular weight is 248 g/mol. The quantitative estimate of drug-likeness (QED) is 0.750. The van der Waals surface area contributed by atoms with Crippen LogP contribution in [0.2, 0.25) is 0 Å². The molecule has 0 N–H and O–H groups in total. The minimum Gasteiger partial charge on any atom is -0.486 e. The molecule has 0 aliphatic heterocycles. The van der Waals surface area contributed by atoms with E-state index >= 15 is 0 Å². The van der Waals surface area contributed by atoms with Crippen molar-refractivity contribution in [3.05, 3.63) is 29.3 Å². The first kappa shape index (κ1) is 14.7. The Hall–Kier alpha value is -1.31. The van der Waals surface area contributed by atoms with E-state index in [-0.39, 0.29) is 12.4 Å². The molecular weight excluding hydrogens is 224 g/mol. The van der Waals surface area contributed by atoms with Gasteiger partial charge in [-0.2, -0.15) is 0 Å². The molecule has 1 aromatic carbocycles. The minimum absolute atomic E-state index is 0.135. The molecule has 0 radical (unpaired) electrons. The lowest BCUT2D eigenvalue weighted by Crippen LogP contribution is -2.10. The summed E-state index contributed by atoms with van der Waals surface area (Å²) in [7, 11) is 0. The Kier molecular flexibility index (Phi) is 5.39. The Labute approximate surface area is 110 Å². The van der Waals surface area contributed by atoms with Gasteiger partial charge in [-0.1, -0.05) is 40.7 Å². The monoisotopic (exact) mass is 248 g/mol. The summed E-state index contributed by atoms with van der Waals surface area (Å²) in [6, 6.07) is 6.31. The number of ketones is 1. The van der Waals surface area contributed by atoms with Crippen molar-refractivity contribution in [2.45, 2.75) is 52.9 Å². The molecule has 2 nitrogen and oxygen atoms in total. The van der Waals surface area contributed by atoms with E-state index in [0.29, 0.717) is 18.3 Å². The number of Topliss-reactive ketones (excluding diaryl/α,β-unsaturated/α-hetero) is 1. The molecule has 0 aliphatic carbocycles. The van der Waals surface area contributed by atoms with Crippen LogP contribution in [0.3, 0.4) is 0 Å². The van der Waals surface area contributed by atoms with Crippen LogP contribution < -0.4 is 4.74 Å². The van der Waals surface area contributed by atoms with Gasteiger partial charge in [0.25, 0.3) is 0 Å². The molecule has 0 bridgehead atoms. The van der Waals surface area contributed by atoms with E-state index in [0.717, 1.165) is 5.75 Å². The van der Waals surface area contributed by atoms with Crippen LogP contribution in [0, 0.1) is 0 Å².